The molecule has 1 amide bonds. The monoisotopic (exact) mass is 307 g/mol. The molecule has 21 heavy (non-hydrogen) atoms. The summed E-state index contributed by atoms with van der Waals surface area (Å²) < 4.78 is 14.9. The molecule has 3 N–H and O–H groups in total. The van der Waals surface area contributed by atoms with Gasteiger partial charge < -0.3 is 15.6 Å². The molecule has 1 atom stereocenters. The predicted molar refractivity (Wildman–Crippen MR) is 80.0 cm³/mol. The molecule has 0 fully saturated rings. The molecule has 1 aliphatic carbocycles. The number of aryl methyl sites for hydroxylation is 1. The third-order valence-electron chi connectivity index (χ3n) is 3.82. The summed E-state index contributed by atoms with van der Waals surface area (Å²) >= 11 is 5.72. The molecule has 1 aromatic heterocycles. The number of amides is 1. The van der Waals surface area contributed by atoms with Gasteiger partial charge in [0.2, 0.25) is 0 Å². The highest BCUT2D eigenvalue weighted by Crippen LogP contribution is 2.33. The van der Waals surface area contributed by atoms with E-state index in [1.807, 2.05) is 13.2 Å². The molecule has 0 radical (unpaired) electrons. The zero-order valence-corrected chi connectivity index (χ0v) is 12.2. The van der Waals surface area contributed by atoms with Crippen molar-refractivity contribution in [1.82, 2.24) is 4.57 Å². The number of halogens is 2. The normalized spacial score (nSPS) is 16.9. The number of anilines is 1. The molecule has 0 unspecified atom stereocenters. The fraction of sp³-hybridized carbons (Fsp3) is 0.267. The van der Waals surface area contributed by atoms with Crippen molar-refractivity contribution in [3.63, 3.8) is 0 Å². The Balaban J connectivity index is 1.89. The molecule has 1 aliphatic rings. The van der Waals surface area contributed by atoms with E-state index in [-0.39, 0.29) is 17.0 Å². The minimum absolute atomic E-state index is 0.00647. The van der Waals surface area contributed by atoms with E-state index in [1.54, 1.807) is 4.57 Å². The smallest absolute Gasteiger partial charge is 0.272 e. The summed E-state index contributed by atoms with van der Waals surface area (Å²) in [5, 5.41) is 2.72. The van der Waals surface area contributed by atoms with Crippen molar-refractivity contribution >= 4 is 23.2 Å². The lowest BCUT2D eigenvalue weighted by Crippen LogP contribution is -2.17. The summed E-state index contributed by atoms with van der Waals surface area (Å²) in [6, 6.07) is 4.09. The molecule has 1 heterocycles. The summed E-state index contributed by atoms with van der Waals surface area (Å²) in [5.74, 6) is -0.754. The quantitative estimate of drug-likeness (QED) is 0.896. The van der Waals surface area contributed by atoms with E-state index in [1.165, 1.54) is 18.2 Å². The number of fused-ring (bicyclic) bond motifs is 1. The Labute approximate surface area is 126 Å². The summed E-state index contributed by atoms with van der Waals surface area (Å²) in [6.45, 7) is 0. The zero-order chi connectivity index (χ0) is 15.1. The van der Waals surface area contributed by atoms with E-state index in [9.17, 15) is 9.18 Å². The second-order valence-electron chi connectivity index (χ2n) is 5.25. The predicted octanol–water partition coefficient (Wildman–Crippen LogP) is 3.02. The average molecular weight is 308 g/mol. The molecule has 4 nitrogen and oxygen atoms in total. The van der Waals surface area contributed by atoms with Crippen LogP contribution in [0.5, 0.6) is 0 Å². The van der Waals surface area contributed by atoms with E-state index in [4.69, 9.17) is 17.3 Å². The first kappa shape index (κ1) is 14.1. The van der Waals surface area contributed by atoms with Crippen LogP contribution in [0, 0.1) is 5.82 Å². The van der Waals surface area contributed by atoms with E-state index in [0.29, 0.717) is 11.4 Å². The summed E-state index contributed by atoms with van der Waals surface area (Å²) in [6.07, 6.45) is 3.55. The highest BCUT2D eigenvalue weighted by molar-refractivity contribution is 6.31. The van der Waals surface area contributed by atoms with Gasteiger partial charge in [-0.2, -0.15) is 0 Å². The van der Waals surface area contributed by atoms with E-state index in [0.717, 1.165) is 24.0 Å². The Morgan fingerprint density at radius 2 is 2.29 bits per heavy atom. The highest BCUT2D eigenvalue weighted by atomic mass is 35.5. The van der Waals surface area contributed by atoms with Gasteiger partial charge in [-0.1, -0.05) is 11.6 Å². The number of benzene rings is 1. The number of nitrogens with one attached hydrogen (secondary N) is 1. The van der Waals surface area contributed by atoms with Crippen molar-refractivity contribution in [2.75, 3.05) is 5.32 Å². The summed E-state index contributed by atoms with van der Waals surface area (Å²) in [7, 11) is 1.82. The third kappa shape index (κ3) is 2.43. The molecule has 0 saturated heterocycles. The van der Waals surface area contributed by atoms with Gasteiger partial charge in [-0.3, -0.25) is 4.79 Å². The first-order chi connectivity index (χ1) is 9.97. The lowest BCUT2D eigenvalue weighted by Gasteiger charge is -2.09. The van der Waals surface area contributed by atoms with Crippen molar-refractivity contribution in [3.05, 3.63) is 52.1 Å². The molecule has 3 rings (SSSR count). The standard InChI is InChI=1S/C15H15ClFN3O/c1-20-7-10-9(3-5-13(10)18)14(20)15(21)19-8-2-4-12(17)11(16)6-8/h2,4,6-7,13H,3,5,18H2,1H3,(H,19,21)/t13-/m1/s1. The molecule has 2 aromatic rings. The van der Waals surface area contributed by atoms with Gasteiger partial charge in [0.15, 0.2) is 0 Å². The number of nitrogens with zero attached hydrogens (tertiary/aromatic N) is 1. The fourth-order valence-electron chi connectivity index (χ4n) is 2.80. The summed E-state index contributed by atoms with van der Waals surface area (Å²) in [4.78, 5) is 12.4. The van der Waals surface area contributed by atoms with Crippen LogP contribution in [0.2, 0.25) is 5.02 Å². The Kier molecular flexibility index (Phi) is 3.47. The maximum atomic E-state index is 13.1. The van der Waals surface area contributed by atoms with Crippen LogP contribution in [-0.4, -0.2) is 10.5 Å². The van der Waals surface area contributed by atoms with Crippen LogP contribution < -0.4 is 11.1 Å². The van der Waals surface area contributed by atoms with Gasteiger partial charge in [0.25, 0.3) is 5.91 Å². The largest absolute Gasteiger partial charge is 0.346 e. The van der Waals surface area contributed by atoms with Crippen molar-refractivity contribution in [1.29, 1.82) is 0 Å². The number of hydrogen-bond donors (Lipinski definition) is 2. The number of carbonyl (C=O) groups excluding carboxylic acids is 1. The topological polar surface area (TPSA) is 60.0 Å². The summed E-state index contributed by atoms with van der Waals surface area (Å²) in [5.41, 5.74) is 9.09. The lowest BCUT2D eigenvalue weighted by molar-refractivity contribution is 0.101. The van der Waals surface area contributed by atoms with Gasteiger partial charge in [-0.15, -0.1) is 0 Å². The SMILES string of the molecule is Cn1cc2c(c1C(=O)Nc1ccc(F)c(Cl)c1)CC[C@H]2N. The first-order valence-corrected chi connectivity index (χ1v) is 7.05. The van der Waals surface area contributed by atoms with Gasteiger partial charge in [-0.25, -0.2) is 4.39 Å². The minimum atomic E-state index is -0.514. The molecule has 0 bridgehead atoms. The minimum Gasteiger partial charge on any atom is -0.346 e. The molecule has 0 saturated carbocycles. The van der Waals surface area contributed by atoms with Gasteiger partial charge >= 0.3 is 0 Å². The average Bonchev–Trinajstić information content (AvgIpc) is 2.93. The molecular formula is C15H15ClFN3O. The number of aromatic nitrogens is 1. The van der Waals surface area contributed by atoms with Gasteiger partial charge in [0.05, 0.1) is 5.02 Å². The number of hydrogen-bond acceptors (Lipinski definition) is 2. The van der Waals surface area contributed by atoms with Crippen LogP contribution in [0.15, 0.2) is 24.4 Å². The zero-order valence-electron chi connectivity index (χ0n) is 11.5. The maximum Gasteiger partial charge on any atom is 0.272 e. The first-order valence-electron chi connectivity index (χ1n) is 6.67. The van der Waals surface area contributed by atoms with Crippen LogP contribution in [0.4, 0.5) is 10.1 Å². The van der Waals surface area contributed by atoms with Crippen LogP contribution in [0.3, 0.4) is 0 Å². The fourth-order valence-corrected chi connectivity index (χ4v) is 2.98. The van der Waals surface area contributed by atoms with Crippen molar-refractivity contribution < 1.29 is 9.18 Å². The van der Waals surface area contributed by atoms with Gasteiger partial charge in [0, 0.05) is 25.0 Å². The van der Waals surface area contributed by atoms with Gasteiger partial charge in [0.1, 0.15) is 11.5 Å². The van der Waals surface area contributed by atoms with Crippen LogP contribution >= 0.6 is 11.6 Å². The molecular weight excluding hydrogens is 293 g/mol. The van der Waals surface area contributed by atoms with Gasteiger partial charge in [-0.05, 0) is 42.2 Å². The molecule has 0 aliphatic heterocycles. The molecule has 1 aromatic carbocycles. The van der Waals surface area contributed by atoms with E-state index >= 15 is 0 Å². The third-order valence-corrected chi connectivity index (χ3v) is 4.11. The Bertz CT molecular complexity index is 726. The lowest BCUT2D eigenvalue weighted by atomic mass is 10.1. The Morgan fingerprint density at radius 3 is 3.00 bits per heavy atom. The van der Waals surface area contributed by atoms with Crippen molar-refractivity contribution in [3.8, 4) is 0 Å². The van der Waals surface area contributed by atoms with Crippen molar-refractivity contribution in [2.24, 2.45) is 12.8 Å². The number of rotatable bonds is 2. The second-order valence-corrected chi connectivity index (χ2v) is 5.66. The van der Waals surface area contributed by atoms with Crippen molar-refractivity contribution in [2.45, 2.75) is 18.9 Å². The molecule has 6 heteroatoms. The number of carbonyl (C=O) groups is 1. The second kappa shape index (κ2) is 5.16. The molecule has 0 spiro atoms. The highest BCUT2D eigenvalue weighted by Gasteiger charge is 2.28. The van der Waals surface area contributed by atoms with E-state index in [2.05, 4.69) is 5.32 Å². The molecule has 110 valence electrons. The van der Waals surface area contributed by atoms with Crippen LogP contribution in [0.1, 0.15) is 34.1 Å². The Morgan fingerprint density at radius 1 is 1.52 bits per heavy atom. The Hall–Kier alpha value is -1.85. The van der Waals surface area contributed by atoms with E-state index < -0.39 is 5.82 Å². The van der Waals surface area contributed by atoms with Crippen LogP contribution in [0.25, 0.3) is 0 Å². The van der Waals surface area contributed by atoms with Crippen LogP contribution in [-0.2, 0) is 13.5 Å². The maximum absolute atomic E-state index is 13.1. The number of nitrogens with two attached hydrogens (primary N) is 1.